The molecule has 132 valence electrons. The Morgan fingerprint density at radius 3 is 2.31 bits per heavy atom. The largest absolute Gasteiger partial charge is 0.365 e. The Morgan fingerprint density at radius 2 is 1.58 bits per heavy atom. The van der Waals surface area contributed by atoms with E-state index < -0.39 is 0 Å². The van der Waals surface area contributed by atoms with E-state index in [4.69, 9.17) is 4.98 Å². The summed E-state index contributed by atoms with van der Waals surface area (Å²) in [5.41, 5.74) is 8.22. The smallest absolute Gasteiger partial charge is 0.0640 e. The van der Waals surface area contributed by atoms with Gasteiger partial charge in [-0.3, -0.25) is 4.98 Å². The lowest BCUT2D eigenvalue weighted by Crippen LogP contribution is -2.30. The molecule has 2 heteroatoms. The molecule has 1 aromatic heterocycles. The Morgan fingerprint density at radius 1 is 0.885 bits per heavy atom. The van der Waals surface area contributed by atoms with Gasteiger partial charge in [-0.15, -0.1) is 0 Å². The molecule has 0 N–H and O–H groups in total. The summed E-state index contributed by atoms with van der Waals surface area (Å²) in [4.78, 5) is 7.37. The van der Waals surface area contributed by atoms with Crippen LogP contribution in [0.25, 0.3) is 0 Å². The van der Waals surface area contributed by atoms with E-state index in [1.165, 1.54) is 40.1 Å². The van der Waals surface area contributed by atoms with Crippen molar-refractivity contribution in [1.29, 1.82) is 0 Å². The lowest BCUT2D eigenvalue weighted by Gasteiger charge is -2.33. The fourth-order valence-electron chi connectivity index (χ4n) is 3.97. The maximum atomic E-state index is 4.84. The fraction of sp³-hybridized carbons (Fsp3) is 0.292. The van der Waals surface area contributed by atoms with Gasteiger partial charge in [0.1, 0.15) is 0 Å². The van der Waals surface area contributed by atoms with E-state index in [9.17, 15) is 0 Å². The van der Waals surface area contributed by atoms with Crippen LogP contribution in [-0.4, -0.2) is 11.5 Å². The van der Waals surface area contributed by atoms with Crippen molar-refractivity contribution in [3.8, 4) is 0 Å². The summed E-state index contributed by atoms with van der Waals surface area (Å²) in [6, 6.07) is 21.5. The van der Waals surface area contributed by atoms with Crippen molar-refractivity contribution in [1.82, 2.24) is 4.98 Å². The molecule has 0 unspecified atom stereocenters. The molecule has 2 aromatic carbocycles. The van der Waals surface area contributed by atoms with Gasteiger partial charge in [-0.2, -0.15) is 0 Å². The summed E-state index contributed by atoms with van der Waals surface area (Å²) in [6.45, 7) is 4.37. The number of hydrogen-bond donors (Lipinski definition) is 0. The zero-order chi connectivity index (χ0) is 17.8. The summed E-state index contributed by atoms with van der Waals surface area (Å²) in [6.07, 6.45) is 6.52. The van der Waals surface area contributed by atoms with Crippen molar-refractivity contribution in [3.63, 3.8) is 0 Å². The first-order chi connectivity index (χ1) is 12.8. The summed E-state index contributed by atoms with van der Waals surface area (Å²) in [7, 11) is 0. The molecule has 0 saturated heterocycles. The first-order valence-electron chi connectivity index (χ1n) is 9.61. The average Bonchev–Trinajstić information content (AvgIpc) is 2.69. The Labute approximate surface area is 156 Å². The van der Waals surface area contributed by atoms with Crippen LogP contribution in [0, 0.1) is 6.92 Å². The number of aromatic nitrogens is 1. The molecule has 0 amide bonds. The van der Waals surface area contributed by atoms with E-state index in [0.717, 1.165) is 32.4 Å². The predicted octanol–water partition coefficient (Wildman–Crippen LogP) is 5.13. The van der Waals surface area contributed by atoms with Crippen LogP contribution in [0.3, 0.4) is 0 Å². The van der Waals surface area contributed by atoms with Crippen LogP contribution < -0.4 is 4.90 Å². The molecule has 0 fully saturated rings. The standard InChI is InChI=1S/C24H26N2/c1-19-22(15-14-20-9-4-2-5-10-20)17-25-23-13-8-16-26(24(19)23)18-21-11-6-3-7-12-21/h2-7,9-12,17H,8,13-16,18H2,1H3. The molecule has 3 aromatic rings. The minimum atomic E-state index is 0.971. The molecule has 0 atom stereocenters. The van der Waals surface area contributed by atoms with Crippen LogP contribution >= 0.6 is 0 Å². The van der Waals surface area contributed by atoms with Gasteiger partial charge >= 0.3 is 0 Å². The highest BCUT2D eigenvalue weighted by Crippen LogP contribution is 2.32. The van der Waals surface area contributed by atoms with Gasteiger partial charge in [-0.25, -0.2) is 0 Å². The van der Waals surface area contributed by atoms with Crippen LogP contribution in [0.4, 0.5) is 5.69 Å². The van der Waals surface area contributed by atoms with Crippen LogP contribution in [0.2, 0.25) is 0 Å². The summed E-state index contributed by atoms with van der Waals surface area (Å²) >= 11 is 0. The van der Waals surface area contributed by atoms with Gasteiger partial charge in [0.15, 0.2) is 0 Å². The third-order valence-corrected chi connectivity index (χ3v) is 5.39. The summed E-state index contributed by atoms with van der Waals surface area (Å²) in [5.74, 6) is 0. The van der Waals surface area contributed by atoms with Gasteiger partial charge in [-0.05, 0) is 54.9 Å². The molecule has 2 heterocycles. The van der Waals surface area contributed by atoms with E-state index in [1.54, 1.807) is 0 Å². The summed E-state index contributed by atoms with van der Waals surface area (Å²) in [5, 5.41) is 0. The van der Waals surface area contributed by atoms with Crippen LogP contribution in [0.15, 0.2) is 66.9 Å². The third kappa shape index (κ3) is 3.65. The second kappa shape index (κ2) is 7.74. The molecule has 1 aliphatic rings. The number of rotatable bonds is 5. The zero-order valence-corrected chi connectivity index (χ0v) is 15.5. The first-order valence-corrected chi connectivity index (χ1v) is 9.61. The van der Waals surface area contributed by atoms with Crippen molar-refractivity contribution >= 4 is 5.69 Å². The van der Waals surface area contributed by atoms with Crippen molar-refractivity contribution in [2.24, 2.45) is 0 Å². The zero-order valence-electron chi connectivity index (χ0n) is 15.5. The number of nitrogens with zero attached hydrogens (tertiary/aromatic N) is 2. The second-order valence-corrected chi connectivity index (χ2v) is 7.20. The van der Waals surface area contributed by atoms with Crippen LogP contribution in [0.5, 0.6) is 0 Å². The molecule has 0 aliphatic carbocycles. The lowest BCUT2D eigenvalue weighted by atomic mass is 9.96. The topological polar surface area (TPSA) is 16.1 Å². The first kappa shape index (κ1) is 16.8. The molecule has 0 spiro atoms. The van der Waals surface area contributed by atoms with Crippen molar-refractivity contribution in [2.45, 2.75) is 39.2 Å². The highest BCUT2D eigenvalue weighted by Gasteiger charge is 2.21. The van der Waals surface area contributed by atoms with Crippen LogP contribution in [0.1, 0.15) is 34.4 Å². The van der Waals surface area contributed by atoms with Gasteiger partial charge in [0.25, 0.3) is 0 Å². The maximum Gasteiger partial charge on any atom is 0.0640 e. The highest BCUT2D eigenvalue weighted by molar-refractivity contribution is 5.61. The SMILES string of the molecule is Cc1c(CCc2ccccc2)cnc2c1N(Cc1ccccc1)CCC2. The Kier molecular flexibility index (Phi) is 5.01. The monoisotopic (exact) mass is 342 g/mol. The minimum absolute atomic E-state index is 0.971. The van der Waals surface area contributed by atoms with Crippen molar-refractivity contribution in [2.75, 3.05) is 11.4 Å². The molecule has 0 saturated carbocycles. The predicted molar refractivity (Wildman–Crippen MR) is 109 cm³/mol. The molecule has 0 bridgehead atoms. The third-order valence-electron chi connectivity index (χ3n) is 5.39. The molecule has 0 radical (unpaired) electrons. The highest BCUT2D eigenvalue weighted by atomic mass is 15.1. The number of fused-ring (bicyclic) bond motifs is 1. The van der Waals surface area contributed by atoms with Gasteiger partial charge in [0, 0.05) is 19.3 Å². The van der Waals surface area contributed by atoms with Gasteiger partial charge in [0.05, 0.1) is 11.4 Å². The molecule has 4 rings (SSSR count). The molecular formula is C24H26N2. The maximum absolute atomic E-state index is 4.84. The van der Waals surface area contributed by atoms with E-state index in [-0.39, 0.29) is 0 Å². The number of benzene rings is 2. The summed E-state index contributed by atoms with van der Waals surface area (Å²) < 4.78 is 0. The van der Waals surface area contributed by atoms with E-state index in [1.807, 2.05) is 0 Å². The number of pyridine rings is 1. The number of aryl methyl sites for hydroxylation is 3. The van der Waals surface area contributed by atoms with Gasteiger partial charge in [0.2, 0.25) is 0 Å². The molecule has 2 nitrogen and oxygen atoms in total. The van der Waals surface area contributed by atoms with Crippen LogP contribution in [-0.2, 0) is 25.8 Å². The van der Waals surface area contributed by atoms with E-state index in [2.05, 4.69) is 78.7 Å². The lowest BCUT2D eigenvalue weighted by molar-refractivity contribution is 0.671. The Hall–Kier alpha value is -2.61. The molecular weight excluding hydrogens is 316 g/mol. The minimum Gasteiger partial charge on any atom is -0.365 e. The van der Waals surface area contributed by atoms with Crippen molar-refractivity contribution in [3.05, 3.63) is 94.8 Å². The van der Waals surface area contributed by atoms with E-state index in [0.29, 0.717) is 0 Å². The average molecular weight is 342 g/mol. The van der Waals surface area contributed by atoms with Crippen molar-refractivity contribution < 1.29 is 0 Å². The van der Waals surface area contributed by atoms with Gasteiger partial charge < -0.3 is 4.90 Å². The Balaban J connectivity index is 1.58. The van der Waals surface area contributed by atoms with Gasteiger partial charge in [-0.1, -0.05) is 60.7 Å². The molecule has 1 aliphatic heterocycles. The van der Waals surface area contributed by atoms with E-state index >= 15 is 0 Å². The second-order valence-electron chi connectivity index (χ2n) is 7.20. The number of anilines is 1. The molecule has 26 heavy (non-hydrogen) atoms. The quantitative estimate of drug-likeness (QED) is 0.639. The fourth-order valence-corrected chi connectivity index (χ4v) is 3.97. The number of hydrogen-bond acceptors (Lipinski definition) is 2. The normalized spacial score (nSPS) is 13.5. The Bertz CT molecular complexity index is 856.